The van der Waals surface area contributed by atoms with Gasteiger partial charge in [0.15, 0.2) is 0 Å². The molecule has 0 saturated carbocycles. The number of hydrogen-bond donors (Lipinski definition) is 1. The summed E-state index contributed by atoms with van der Waals surface area (Å²) in [5.74, 6) is 0. The molecular weight excluding hydrogens is 243 g/mol. The molecule has 1 aromatic heterocycles. The summed E-state index contributed by atoms with van der Waals surface area (Å²) in [4.78, 5) is 14.0. The lowest BCUT2D eigenvalue weighted by Crippen LogP contribution is -2.10. The van der Waals surface area contributed by atoms with Gasteiger partial charge >= 0.3 is 0 Å². The summed E-state index contributed by atoms with van der Waals surface area (Å²) in [6, 6.07) is 3.48. The topological polar surface area (TPSA) is 42.0 Å². The quantitative estimate of drug-likeness (QED) is 0.655. The van der Waals surface area contributed by atoms with Crippen LogP contribution in [0.3, 0.4) is 0 Å². The van der Waals surface area contributed by atoms with Gasteiger partial charge in [-0.1, -0.05) is 27.5 Å². The van der Waals surface area contributed by atoms with Gasteiger partial charge in [-0.15, -0.1) is 0 Å². The van der Waals surface area contributed by atoms with Gasteiger partial charge in [0.05, 0.1) is 12.2 Å². The SMILES string of the molecule is O=CNCc1cc(Br)cc(Cl)n1. The van der Waals surface area contributed by atoms with E-state index in [1.54, 1.807) is 12.1 Å². The Morgan fingerprint density at radius 1 is 1.67 bits per heavy atom. The lowest BCUT2D eigenvalue weighted by atomic mass is 10.3. The van der Waals surface area contributed by atoms with Gasteiger partial charge in [0.2, 0.25) is 6.41 Å². The normalized spacial score (nSPS) is 9.50. The van der Waals surface area contributed by atoms with Crippen molar-refractivity contribution in [2.24, 2.45) is 0 Å². The summed E-state index contributed by atoms with van der Waals surface area (Å²) in [6.07, 6.45) is 0.622. The molecule has 12 heavy (non-hydrogen) atoms. The van der Waals surface area contributed by atoms with E-state index in [1.807, 2.05) is 0 Å². The highest BCUT2D eigenvalue weighted by molar-refractivity contribution is 9.10. The molecule has 0 bridgehead atoms. The van der Waals surface area contributed by atoms with Crippen molar-refractivity contribution in [2.75, 3.05) is 0 Å². The van der Waals surface area contributed by atoms with E-state index in [0.717, 1.165) is 10.2 Å². The molecule has 0 radical (unpaired) electrons. The predicted molar refractivity (Wildman–Crippen MR) is 49.9 cm³/mol. The Kier molecular flexibility index (Phi) is 3.49. The van der Waals surface area contributed by atoms with E-state index in [-0.39, 0.29) is 0 Å². The molecule has 64 valence electrons. The Hall–Kier alpha value is -0.610. The van der Waals surface area contributed by atoms with E-state index < -0.39 is 0 Å². The molecule has 1 rings (SSSR count). The number of aromatic nitrogens is 1. The van der Waals surface area contributed by atoms with Crippen LogP contribution in [0.2, 0.25) is 5.15 Å². The van der Waals surface area contributed by atoms with E-state index >= 15 is 0 Å². The molecule has 0 unspecified atom stereocenters. The van der Waals surface area contributed by atoms with E-state index in [2.05, 4.69) is 26.2 Å². The summed E-state index contributed by atoms with van der Waals surface area (Å²) in [5.41, 5.74) is 0.724. The zero-order valence-corrected chi connectivity index (χ0v) is 8.39. The lowest BCUT2D eigenvalue weighted by molar-refractivity contribution is -0.109. The number of carbonyl (C=O) groups excluding carboxylic acids is 1. The number of amides is 1. The fourth-order valence-corrected chi connectivity index (χ4v) is 1.59. The van der Waals surface area contributed by atoms with Crippen molar-refractivity contribution in [3.63, 3.8) is 0 Å². The van der Waals surface area contributed by atoms with Gasteiger partial charge in [0.1, 0.15) is 5.15 Å². The van der Waals surface area contributed by atoms with Crippen molar-refractivity contribution in [3.8, 4) is 0 Å². The van der Waals surface area contributed by atoms with Gasteiger partial charge < -0.3 is 5.32 Å². The molecule has 5 heteroatoms. The number of rotatable bonds is 3. The molecule has 1 heterocycles. The van der Waals surface area contributed by atoms with E-state index in [1.165, 1.54) is 0 Å². The molecule has 0 aliphatic heterocycles. The third-order valence-corrected chi connectivity index (χ3v) is 1.83. The van der Waals surface area contributed by atoms with Gasteiger partial charge in [-0.2, -0.15) is 0 Å². The molecule has 0 fully saturated rings. The number of halogens is 2. The minimum Gasteiger partial charge on any atom is -0.353 e. The molecule has 1 amide bonds. The van der Waals surface area contributed by atoms with Gasteiger partial charge in [-0.25, -0.2) is 4.98 Å². The molecule has 0 aromatic carbocycles. The predicted octanol–water partition coefficient (Wildman–Crippen LogP) is 1.74. The first kappa shape index (κ1) is 9.48. The Morgan fingerprint density at radius 3 is 3.00 bits per heavy atom. The van der Waals surface area contributed by atoms with Gasteiger partial charge in [0.25, 0.3) is 0 Å². The lowest BCUT2D eigenvalue weighted by Gasteiger charge is -2.00. The molecular formula is C7H6BrClN2O. The number of pyridine rings is 1. The van der Waals surface area contributed by atoms with Crippen LogP contribution in [-0.2, 0) is 11.3 Å². The summed E-state index contributed by atoms with van der Waals surface area (Å²) < 4.78 is 0.852. The number of carbonyl (C=O) groups is 1. The van der Waals surface area contributed by atoms with Crippen LogP contribution in [0.1, 0.15) is 5.69 Å². The molecule has 0 atom stereocenters. The van der Waals surface area contributed by atoms with E-state index in [4.69, 9.17) is 11.6 Å². The van der Waals surface area contributed by atoms with Crippen LogP contribution < -0.4 is 5.32 Å². The highest BCUT2D eigenvalue weighted by Gasteiger charge is 1.97. The minimum absolute atomic E-state index is 0.392. The Morgan fingerprint density at radius 2 is 2.42 bits per heavy atom. The van der Waals surface area contributed by atoms with Gasteiger partial charge in [-0.05, 0) is 12.1 Å². The fourth-order valence-electron chi connectivity index (χ4n) is 0.753. The maximum absolute atomic E-state index is 9.96. The van der Waals surface area contributed by atoms with Crippen molar-refractivity contribution in [1.82, 2.24) is 10.3 Å². The Labute approximate surface area is 83.3 Å². The second kappa shape index (κ2) is 4.42. The molecule has 3 nitrogen and oxygen atoms in total. The van der Waals surface area contributed by atoms with Crippen LogP contribution in [-0.4, -0.2) is 11.4 Å². The minimum atomic E-state index is 0.392. The second-order valence-corrected chi connectivity index (χ2v) is 3.40. The van der Waals surface area contributed by atoms with E-state index in [9.17, 15) is 4.79 Å². The second-order valence-electron chi connectivity index (χ2n) is 2.10. The third-order valence-electron chi connectivity index (χ3n) is 1.18. The van der Waals surface area contributed by atoms with Crippen LogP contribution in [0.15, 0.2) is 16.6 Å². The van der Waals surface area contributed by atoms with Gasteiger partial charge in [0, 0.05) is 4.47 Å². The van der Waals surface area contributed by atoms with Crippen molar-refractivity contribution in [2.45, 2.75) is 6.54 Å². The fraction of sp³-hybridized carbons (Fsp3) is 0.143. The summed E-state index contributed by atoms with van der Waals surface area (Å²) in [6.45, 7) is 0.392. The van der Waals surface area contributed by atoms with Crippen molar-refractivity contribution in [1.29, 1.82) is 0 Å². The number of hydrogen-bond acceptors (Lipinski definition) is 2. The maximum atomic E-state index is 9.96. The molecule has 0 aliphatic carbocycles. The van der Waals surface area contributed by atoms with E-state index in [0.29, 0.717) is 18.1 Å². The summed E-state index contributed by atoms with van der Waals surface area (Å²) in [7, 11) is 0. The summed E-state index contributed by atoms with van der Waals surface area (Å²) in [5, 5.41) is 2.91. The highest BCUT2D eigenvalue weighted by Crippen LogP contribution is 2.15. The Bertz CT molecular complexity index is 272. The largest absolute Gasteiger partial charge is 0.353 e. The van der Waals surface area contributed by atoms with Crippen LogP contribution >= 0.6 is 27.5 Å². The molecule has 1 aromatic rings. The van der Waals surface area contributed by atoms with Crippen LogP contribution in [0.5, 0.6) is 0 Å². The zero-order chi connectivity index (χ0) is 8.97. The first-order chi connectivity index (χ1) is 5.72. The van der Waals surface area contributed by atoms with Crippen molar-refractivity contribution < 1.29 is 4.79 Å². The first-order valence-corrected chi connectivity index (χ1v) is 4.38. The number of nitrogens with zero attached hydrogens (tertiary/aromatic N) is 1. The van der Waals surface area contributed by atoms with Crippen LogP contribution in [0, 0.1) is 0 Å². The molecule has 1 N–H and O–H groups in total. The van der Waals surface area contributed by atoms with Crippen molar-refractivity contribution in [3.05, 3.63) is 27.5 Å². The van der Waals surface area contributed by atoms with Crippen molar-refractivity contribution >= 4 is 33.9 Å². The van der Waals surface area contributed by atoms with Crippen LogP contribution in [0.25, 0.3) is 0 Å². The molecule has 0 aliphatic rings. The smallest absolute Gasteiger partial charge is 0.207 e. The zero-order valence-electron chi connectivity index (χ0n) is 6.05. The number of nitrogens with one attached hydrogen (secondary N) is 1. The third kappa shape index (κ3) is 2.79. The maximum Gasteiger partial charge on any atom is 0.207 e. The summed E-state index contributed by atoms with van der Waals surface area (Å²) >= 11 is 8.94. The molecule has 0 saturated heterocycles. The molecule has 0 spiro atoms. The highest BCUT2D eigenvalue weighted by atomic mass is 79.9. The van der Waals surface area contributed by atoms with Gasteiger partial charge in [-0.3, -0.25) is 4.79 Å². The first-order valence-electron chi connectivity index (χ1n) is 3.21. The monoisotopic (exact) mass is 248 g/mol. The average Bonchev–Trinajstić information content (AvgIpc) is 1.99. The Balaban J connectivity index is 2.78. The average molecular weight is 249 g/mol. The standard InChI is InChI=1S/C7H6BrClN2O/c8-5-1-6(3-10-4-12)11-7(9)2-5/h1-2,4H,3H2,(H,10,12). The van der Waals surface area contributed by atoms with Crippen LogP contribution in [0.4, 0.5) is 0 Å².